The van der Waals surface area contributed by atoms with Gasteiger partial charge in [-0.05, 0) is 122 Å². The van der Waals surface area contributed by atoms with E-state index in [-0.39, 0.29) is 6.10 Å². The van der Waals surface area contributed by atoms with Crippen LogP contribution in [0.2, 0.25) is 0 Å². The molecule has 0 bridgehead atoms. The second-order valence-corrected chi connectivity index (χ2v) is 10.4. The van der Waals surface area contributed by atoms with Crippen molar-refractivity contribution in [2.45, 2.75) is 46.1 Å². The van der Waals surface area contributed by atoms with Crippen LogP contribution < -0.4 is 18.9 Å². The maximum absolute atomic E-state index is 6.16. The van der Waals surface area contributed by atoms with Gasteiger partial charge in [0.25, 0.3) is 0 Å². The highest BCUT2D eigenvalue weighted by Gasteiger charge is 2.23. The van der Waals surface area contributed by atoms with E-state index in [2.05, 4.69) is 72.8 Å². The van der Waals surface area contributed by atoms with Gasteiger partial charge in [-0.1, -0.05) is 36.4 Å². The van der Waals surface area contributed by atoms with Crippen LogP contribution in [0.15, 0.2) is 84.9 Å². The molecular formula is C36H40O5. The summed E-state index contributed by atoms with van der Waals surface area (Å²) in [6, 6.07) is 29.8. The molecule has 4 aromatic carbocycles. The molecule has 1 aliphatic rings. The highest BCUT2D eigenvalue weighted by molar-refractivity contribution is 5.44. The van der Waals surface area contributed by atoms with Gasteiger partial charge in [0.1, 0.15) is 35.7 Å². The SMILES string of the molecule is CCOc1cccc(Cc2cc(Cc3cc(Cc4cccc(OCC)c4)cc(OCC4CO4)c3)cc(OCC)c2)c1. The van der Waals surface area contributed by atoms with Crippen molar-refractivity contribution in [1.82, 2.24) is 0 Å². The summed E-state index contributed by atoms with van der Waals surface area (Å²) in [6.07, 6.45) is 2.58. The molecule has 0 amide bonds. The second-order valence-electron chi connectivity index (χ2n) is 10.4. The monoisotopic (exact) mass is 552 g/mol. The summed E-state index contributed by atoms with van der Waals surface area (Å²) in [5.41, 5.74) is 7.25. The van der Waals surface area contributed by atoms with Crippen LogP contribution in [0.5, 0.6) is 23.0 Å². The summed E-state index contributed by atoms with van der Waals surface area (Å²) in [5.74, 6) is 3.57. The highest BCUT2D eigenvalue weighted by Crippen LogP contribution is 2.27. The Balaban J connectivity index is 1.40. The van der Waals surface area contributed by atoms with E-state index in [1.54, 1.807) is 0 Å². The van der Waals surface area contributed by atoms with Crippen LogP contribution >= 0.6 is 0 Å². The Morgan fingerprint density at radius 2 is 0.902 bits per heavy atom. The van der Waals surface area contributed by atoms with E-state index in [0.29, 0.717) is 26.4 Å². The minimum Gasteiger partial charge on any atom is -0.494 e. The van der Waals surface area contributed by atoms with Crippen molar-refractivity contribution in [3.63, 3.8) is 0 Å². The molecule has 41 heavy (non-hydrogen) atoms. The molecule has 0 radical (unpaired) electrons. The van der Waals surface area contributed by atoms with Gasteiger partial charge in [0.2, 0.25) is 0 Å². The molecule has 5 heteroatoms. The fourth-order valence-corrected chi connectivity index (χ4v) is 5.08. The highest BCUT2D eigenvalue weighted by atomic mass is 16.6. The van der Waals surface area contributed by atoms with Crippen LogP contribution in [0.3, 0.4) is 0 Å². The minimum atomic E-state index is 0.205. The zero-order valence-corrected chi connectivity index (χ0v) is 24.4. The van der Waals surface area contributed by atoms with Crippen molar-refractivity contribution >= 4 is 0 Å². The van der Waals surface area contributed by atoms with E-state index in [1.165, 1.54) is 33.4 Å². The Labute approximate surface area is 244 Å². The fourth-order valence-electron chi connectivity index (χ4n) is 5.08. The van der Waals surface area contributed by atoms with Crippen LogP contribution in [-0.2, 0) is 24.0 Å². The van der Waals surface area contributed by atoms with Crippen molar-refractivity contribution in [3.8, 4) is 23.0 Å². The number of hydrogen-bond acceptors (Lipinski definition) is 5. The van der Waals surface area contributed by atoms with Crippen molar-refractivity contribution in [2.24, 2.45) is 0 Å². The summed E-state index contributed by atoms with van der Waals surface area (Å²) >= 11 is 0. The van der Waals surface area contributed by atoms with E-state index in [1.807, 2.05) is 32.9 Å². The van der Waals surface area contributed by atoms with Crippen LogP contribution in [0, 0.1) is 0 Å². The number of hydrogen-bond donors (Lipinski definition) is 0. The van der Waals surface area contributed by atoms with Gasteiger partial charge in [-0.25, -0.2) is 0 Å². The second kappa shape index (κ2) is 14.1. The van der Waals surface area contributed by atoms with Gasteiger partial charge in [0, 0.05) is 0 Å². The third kappa shape index (κ3) is 8.76. The maximum atomic E-state index is 6.16. The molecule has 1 heterocycles. The van der Waals surface area contributed by atoms with Crippen LogP contribution in [0.25, 0.3) is 0 Å². The average Bonchev–Trinajstić information content (AvgIpc) is 3.78. The molecule has 5 rings (SSSR count). The zero-order valence-electron chi connectivity index (χ0n) is 24.4. The lowest BCUT2D eigenvalue weighted by molar-refractivity contribution is 0.262. The first-order chi connectivity index (χ1) is 20.1. The lowest BCUT2D eigenvalue weighted by atomic mass is 9.96. The van der Waals surface area contributed by atoms with E-state index in [9.17, 15) is 0 Å². The number of ether oxygens (including phenoxy) is 5. The smallest absolute Gasteiger partial charge is 0.120 e. The lowest BCUT2D eigenvalue weighted by Gasteiger charge is -2.14. The predicted octanol–water partition coefficient (Wildman–Crippen LogP) is 7.43. The topological polar surface area (TPSA) is 49.5 Å². The van der Waals surface area contributed by atoms with Crippen molar-refractivity contribution in [1.29, 1.82) is 0 Å². The zero-order chi connectivity index (χ0) is 28.4. The largest absolute Gasteiger partial charge is 0.494 e. The van der Waals surface area contributed by atoms with Gasteiger partial charge in [-0.3, -0.25) is 0 Å². The molecule has 4 aromatic rings. The van der Waals surface area contributed by atoms with Gasteiger partial charge >= 0.3 is 0 Å². The van der Waals surface area contributed by atoms with E-state index >= 15 is 0 Å². The molecule has 1 unspecified atom stereocenters. The van der Waals surface area contributed by atoms with Gasteiger partial charge in [0.05, 0.1) is 26.4 Å². The molecule has 0 aliphatic carbocycles. The average molecular weight is 553 g/mol. The molecular weight excluding hydrogens is 512 g/mol. The standard InChI is InChI=1S/C36H40O5/c1-4-37-32-11-7-9-26(18-32)13-28-15-30(21-34(20-28)39-6-3)17-31-16-29(22-35(23-31)40-24-36-25-41-36)14-27-10-8-12-33(19-27)38-5-2/h7-12,15-16,18-23,36H,4-6,13-14,17,24-25H2,1-3H3. The summed E-state index contributed by atoms with van der Waals surface area (Å²) in [7, 11) is 0. The normalized spacial score (nSPS) is 14.0. The predicted molar refractivity (Wildman–Crippen MR) is 163 cm³/mol. The molecule has 0 aromatic heterocycles. The molecule has 1 aliphatic heterocycles. The summed E-state index contributed by atoms with van der Waals surface area (Å²) in [6.45, 7) is 9.33. The molecule has 214 valence electrons. The van der Waals surface area contributed by atoms with Gasteiger partial charge in [-0.15, -0.1) is 0 Å². The molecule has 1 fully saturated rings. The molecule has 0 saturated carbocycles. The maximum Gasteiger partial charge on any atom is 0.120 e. The van der Waals surface area contributed by atoms with E-state index < -0.39 is 0 Å². The fraction of sp³-hybridized carbons (Fsp3) is 0.333. The summed E-state index contributed by atoms with van der Waals surface area (Å²) in [4.78, 5) is 0. The molecule has 0 N–H and O–H groups in total. The Morgan fingerprint density at radius 1 is 0.512 bits per heavy atom. The van der Waals surface area contributed by atoms with Crippen LogP contribution in [0.1, 0.15) is 54.2 Å². The first kappa shape index (κ1) is 28.6. The Kier molecular flexibility index (Phi) is 9.82. The van der Waals surface area contributed by atoms with E-state index in [0.717, 1.165) is 48.9 Å². The third-order valence-corrected chi connectivity index (χ3v) is 6.85. The van der Waals surface area contributed by atoms with Crippen LogP contribution in [-0.4, -0.2) is 39.1 Å². The third-order valence-electron chi connectivity index (χ3n) is 6.85. The van der Waals surface area contributed by atoms with Gasteiger partial charge in [-0.2, -0.15) is 0 Å². The van der Waals surface area contributed by atoms with Crippen molar-refractivity contribution in [3.05, 3.63) is 118 Å². The number of epoxide rings is 1. The Morgan fingerprint density at radius 3 is 1.34 bits per heavy atom. The minimum absolute atomic E-state index is 0.205. The molecule has 0 spiro atoms. The quantitative estimate of drug-likeness (QED) is 0.144. The summed E-state index contributed by atoms with van der Waals surface area (Å²) < 4.78 is 29.0. The summed E-state index contributed by atoms with van der Waals surface area (Å²) in [5, 5.41) is 0. The van der Waals surface area contributed by atoms with Crippen molar-refractivity contribution < 1.29 is 23.7 Å². The Hall–Kier alpha value is -3.96. The Bertz CT molecular complexity index is 1430. The van der Waals surface area contributed by atoms with Gasteiger partial charge in [0.15, 0.2) is 0 Å². The molecule has 1 saturated heterocycles. The number of rotatable bonds is 15. The first-order valence-electron chi connectivity index (χ1n) is 14.7. The van der Waals surface area contributed by atoms with Crippen molar-refractivity contribution in [2.75, 3.05) is 33.0 Å². The first-order valence-corrected chi connectivity index (χ1v) is 14.7. The molecule has 5 nitrogen and oxygen atoms in total. The van der Waals surface area contributed by atoms with E-state index in [4.69, 9.17) is 23.7 Å². The molecule has 1 atom stereocenters. The van der Waals surface area contributed by atoms with Gasteiger partial charge < -0.3 is 23.7 Å². The number of benzene rings is 4. The lowest BCUT2D eigenvalue weighted by Crippen LogP contribution is -2.05. The van der Waals surface area contributed by atoms with Crippen LogP contribution in [0.4, 0.5) is 0 Å².